The molecule has 1 N–H and O–H groups in total. The molecule has 2 saturated heterocycles. The van der Waals surface area contributed by atoms with E-state index < -0.39 is 0 Å². The molecule has 3 aliphatic heterocycles. The van der Waals surface area contributed by atoms with Crippen LogP contribution in [0.2, 0.25) is 0 Å². The number of nitrogens with zero attached hydrogens (tertiary/aromatic N) is 6. The Hall–Kier alpha value is -2.87. The molecule has 1 amide bonds. The van der Waals surface area contributed by atoms with Crippen LogP contribution in [0.5, 0.6) is 0 Å². The zero-order valence-corrected chi connectivity index (χ0v) is 20.8. The lowest BCUT2D eigenvalue weighted by Crippen LogP contribution is -2.49. The summed E-state index contributed by atoms with van der Waals surface area (Å²) >= 11 is 0. The minimum Gasteiger partial charge on any atom is -0.372 e. The largest absolute Gasteiger partial charge is 0.372 e. The fourth-order valence-electron chi connectivity index (χ4n) is 5.21. The van der Waals surface area contributed by atoms with Crippen LogP contribution < -0.4 is 20.0 Å². The van der Waals surface area contributed by atoms with Crippen molar-refractivity contribution < 1.29 is 4.79 Å². The second-order valence-corrected chi connectivity index (χ2v) is 10.1. The van der Waals surface area contributed by atoms with Crippen molar-refractivity contribution >= 4 is 23.4 Å². The minimum absolute atomic E-state index is 0.114. The maximum Gasteiger partial charge on any atom is 0.253 e. The molecule has 5 rings (SSSR count). The van der Waals surface area contributed by atoms with Gasteiger partial charge >= 0.3 is 0 Å². The number of piperidine rings is 1. The van der Waals surface area contributed by atoms with Gasteiger partial charge in [0, 0.05) is 76.7 Å². The first-order valence-corrected chi connectivity index (χ1v) is 12.7. The molecule has 1 aromatic carbocycles. The van der Waals surface area contributed by atoms with Crippen LogP contribution in [0.25, 0.3) is 0 Å². The van der Waals surface area contributed by atoms with E-state index in [1.54, 1.807) is 0 Å². The topological polar surface area (TPSA) is 67.8 Å². The fourth-order valence-corrected chi connectivity index (χ4v) is 5.21. The SMILES string of the molecule is CC1CCN(c2ccc(C(=O)N3CCN(c4nc5c(c(N(C)C)n4)CCNC5)CC3)cc2)CC1. The number of benzene rings is 1. The molecule has 0 aliphatic carbocycles. The molecule has 0 atom stereocenters. The summed E-state index contributed by atoms with van der Waals surface area (Å²) in [4.78, 5) is 31.6. The Morgan fingerprint density at radius 3 is 2.35 bits per heavy atom. The number of nitrogens with one attached hydrogen (secondary N) is 1. The number of fused-ring (bicyclic) bond motifs is 1. The Bertz CT molecular complexity index is 1010. The highest BCUT2D eigenvalue weighted by atomic mass is 16.2. The summed E-state index contributed by atoms with van der Waals surface area (Å²) in [5.74, 6) is 2.72. The highest BCUT2D eigenvalue weighted by Gasteiger charge is 2.26. The summed E-state index contributed by atoms with van der Waals surface area (Å²) in [5.41, 5.74) is 4.35. The Labute approximate surface area is 203 Å². The predicted octanol–water partition coefficient (Wildman–Crippen LogP) is 2.39. The van der Waals surface area contributed by atoms with Gasteiger partial charge in [-0.15, -0.1) is 0 Å². The van der Waals surface area contributed by atoms with E-state index in [0.29, 0.717) is 13.1 Å². The van der Waals surface area contributed by atoms with Crippen LogP contribution in [0.4, 0.5) is 17.5 Å². The average Bonchev–Trinajstić information content (AvgIpc) is 2.88. The van der Waals surface area contributed by atoms with Crippen molar-refractivity contribution in [1.82, 2.24) is 20.2 Å². The summed E-state index contributed by atoms with van der Waals surface area (Å²) in [6.45, 7) is 9.14. The lowest BCUT2D eigenvalue weighted by Gasteiger charge is -2.36. The summed E-state index contributed by atoms with van der Waals surface area (Å²) < 4.78 is 0. The van der Waals surface area contributed by atoms with Gasteiger partial charge in [-0.25, -0.2) is 4.98 Å². The molecule has 0 spiro atoms. The maximum absolute atomic E-state index is 13.2. The number of rotatable bonds is 4. The number of hydrogen-bond acceptors (Lipinski definition) is 7. The van der Waals surface area contributed by atoms with Gasteiger partial charge in [0.25, 0.3) is 5.91 Å². The molecule has 0 bridgehead atoms. The van der Waals surface area contributed by atoms with Crippen LogP contribution in [0.15, 0.2) is 24.3 Å². The summed E-state index contributed by atoms with van der Waals surface area (Å²) in [6.07, 6.45) is 3.44. The third kappa shape index (κ3) is 4.69. The third-order valence-electron chi connectivity index (χ3n) is 7.44. The quantitative estimate of drug-likeness (QED) is 0.747. The molecule has 1 aromatic heterocycles. The van der Waals surface area contributed by atoms with E-state index in [-0.39, 0.29) is 5.91 Å². The summed E-state index contributed by atoms with van der Waals surface area (Å²) in [5, 5.41) is 3.42. The smallest absolute Gasteiger partial charge is 0.253 e. The van der Waals surface area contributed by atoms with Crippen molar-refractivity contribution in [3.05, 3.63) is 41.1 Å². The predicted molar refractivity (Wildman–Crippen MR) is 137 cm³/mol. The number of anilines is 3. The van der Waals surface area contributed by atoms with Crippen LogP contribution in [0.3, 0.4) is 0 Å². The number of aromatic nitrogens is 2. The Balaban J connectivity index is 1.22. The standard InChI is InChI=1S/C26H37N7O/c1-19-9-12-31(13-10-19)21-6-4-20(5-7-21)25(34)32-14-16-33(17-15-32)26-28-23-18-27-11-8-22(23)24(29-26)30(2)3/h4-7,19,27H,8-18H2,1-3H3. The first kappa shape index (κ1) is 22.9. The summed E-state index contributed by atoms with van der Waals surface area (Å²) in [7, 11) is 4.09. The molecular weight excluding hydrogens is 426 g/mol. The highest BCUT2D eigenvalue weighted by Crippen LogP contribution is 2.27. The van der Waals surface area contributed by atoms with Crippen LogP contribution in [0, 0.1) is 5.92 Å². The van der Waals surface area contributed by atoms with Gasteiger partial charge < -0.3 is 24.9 Å². The first-order valence-electron chi connectivity index (χ1n) is 12.7. The van der Waals surface area contributed by atoms with Crippen LogP contribution in [-0.2, 0) is 13.0 Å². The lowest BCUT2D eigenvalue weighted by atomic mass is 9.98. The van der Waals surface area contributed by atoms with Crippen molar-refractivity contribution in [2.24, 2.45) is 5.92 Å². The molecule has 2 fully saturated rings. The van der Waals surface area contributed by atoms with Gasteiger partial charge in [-0.05, 0) is 56.0 Å². The van der Waals surface area contributed by atoms with Gasteiger partial charge in [0.2, 0.25) is 5.95 Å². The molecule has 2 aromatic rings. The second-order valence-electron chi connectivity index (χ2n) is 10.1. The van der Waals surface area contributed by atoms with E-state index in [9.17, 15) is 4.79 Å². The molecular formula is C26H37N7O. The second kappa shape index (κ2) is 9.78. The molecule has 34 heavy (non-hydrogen) atoms. The molecule has 182 valence electrons. The Morgan fingerprint density at radius 2 is 1.68 bits per heavy atom. The lowest BCUT2D eigenvalue weighted by molar-refractivity contribution is 0.0746. The van der Waals surface area contributed by atoms with Gasteiger partial charge in [0.1, 0.15) is 5.82 Å². The molecule has 0 unspecified atom stereocenters. The molecule has 3 aliphatic rings. The number of amides is 1. The van der Waals surface area contributed by atoms with Crippen LogP contribution >= 0.6 is 0 Å². The van der Waals surface area contributed by atoms with Crippen molar-refractivity contribution in [2.75, 3.05) is 74.6 Å². The van der Waals surface area contributed by atoms with E-state index in [1.807, 2.05) is 31.1 Å². The number of carbonyl (C=O) groups excluding carboxylic acids is 1. The number of piperazine rings is 1. The van der Waals surface area contributed by atoms with Crippen LogP contribution in [-0.4, -0.2) is 80.7 Å². The molecule has 8 nitrogen and oxygen atoms in total. The Kier molecular flexibility index (Phi) is 6.59. The van der Waals surface area contributed by atoms with Crippen molar-refractivity contribution in [1.29, 1.82) is 0 Å². The minimum atomic E-state index is 0.114. The van der Waals surface area contributed by atoms with E-state index in [0.717, 1.165) is 74.6 Å². The van der Waals surface area contributed by atoms with E-state index >= 15 is 0 Å². The normalized spacial score (nSPS) is 19.2. The first-order chi connectivity index (χ1) is 16.5. The van der Waals surface area contributed by atoms with Crippen molar-refractivity contribution in [2.45, 2.75) is 32.7 Å². The monoisotopic (exact) mass is 463 g/mol. The average molecular weight is 464 g/mol. The van der Waals surface area contributed by atoms with E-state index in [1.165, 1.54) is 24.1 Å². The van der Waals surface area contributed by atoms with Gasteiger partial charge in [0.05, 0.1) is 5.69 Å². The van der Waals surface area contributed by atoms with E-state index in [2.05, 4.69) is 39.1 Å². The number of carbonyl (C=O) groups is 1. The van der Waals surface area contributed by atoms with Gasteiger partial charge in [-0.1, -0.05) is 6.92 Å². The maximum atomic E-state index is 13.2. The summed E-state index contributed by atoms with van der Waals surface area (Å²) in [6, 6.07) is 8.20. The van der Waals surface area contributed by atoms with Crippen molar-refractivity contribution in [3.63, 3.8) is 0 Å². The molecule has 8 heteroatoms. The number of hydrogen-bond donors (Lipinski definition) is 1. The zero-order chi connectivity index (χ0) is 23.7. The third-order valence-corrected chi connectivity index (χ3v) is 7.44. The molecule has 4 heterocycles. The molecule has 0 radical (unpaired) electrons. The van der Waals surface area contributed by atoms with Gasteiger partial charge in [-0.2, -0.15) is 4.98 Å². The van der Waals surface area contributed by atoms with Crippen LogP contribution in [0.1, 0.15) is 41.4 Å². The van der Waals surface area contributed by atoms with Gasteiger partial charge in [0.15, 0.2) is 0 Å². The van der Waals surface area contributed by atoms with E-state index in [4.69, 9.17) is 9.97 Å². The molecule has 0 saturated carbocycles. The van der Waals surface area contributed by atoms with Crippen molar-refractivity contribution in [3.8, 4) is 0 Å². The Morgan fingerprint density at radius 1 is 0.971 bits per heavy atom. The fraction of sp³-hybridized carbons (Fsp3) is 0.577. The van der Waals surface area contributed by atoms with Gasteiger partial charge in [-0.3, -0.25) is 4.79 Å². The zero-order valence-electron chi connectivity index (χ0n) is 20.8. The highest BCUT2D eigenvalue weighted by molar-refractivity contribution is 5.94.